The first kappa shape index (κ1) is 18.7. The van der Waals surface area contributed by atoms with Crippen LogP contribution < -0.4 is 4.72 Å². The lowest BCUT2D eigenvalue weighted by Gasteiger charge is -2.10. The lowest BCUT2D eigenvalue weighted by molar-refractivity contribution is 0.600. The number of anilines is 1. The van der Waals surface area contributed by atoms with Crippen LogP contribution in [0.4, 0.5) is 5.95 Å². The van der Waals surface area contributed by atoms with Crippen LogP contribution in [0.5, 0.6) is 0 Å². The van der Waals surface area contributed by atoms with Crippen molar-refractivity contribution >= 4 is 39.2 Å². The van der Waals surface area contributed by atoms with Gasteiger partial charge in [0.2, 0.25) is 0 Å². The van der Waals surface area contributed by atoms with Gasteiger partial charge in [0.05, 0.1) is 11.4 Å². The first-order valence-corrected chi connectivity index (χ1v) is 9.92. The van der Waals surface area contributed by atoms with Gasteiger partial charge in [-0.2, -0.15) is 4.98 Å². The third-order valence-electron chi connectivity index (χ3n) is 3.74. The maximum absolute atomic E-state index is 12.6. The number of hydrogen-bond donors (Lipinski definition) is 1. The first-order valence-electron chi connectivity index (χ1n) is 7.68. The molecule has 26 heavy (non-hydrogen) atoms. The first-order chi connectivity index (χ1) is 12.2. The van der Waals surface area contributed by atoms with Crippen molar-refractivity contribution in [1.82, 2.24) is 14.8 Å². The van der Waals surface area contributed by atoms with Gasteiger partial charge in [0.1, 0.15) is 6.33 Å². The largest absolute Gasteiger partial charge is 0.264 e. The Bertz CT molecular complexity index is 1060. The molecule has 0 aliphatic rings. The van der Waals surface area contributed by atoms with Gasteiger partial charge in [-0.25, -0.2) is 17.8 Å². The number of aromatic nitrogens is 3. The zero-order valence-electron chi connectivity index (χ0n) is 14.1. The van der Waals surface area contributed by atoms with Gasteiger partial charge in [-0.3, -0.25) is 0 Å². The van der Waals surface area contributed by atoms with Crippen LogP contribution in [0, 0.1) is 13.8 Å². The SMILES string of the molecule is Cc1cc(S(=O)(=O)Nc2ncn(Cc3cccc(Cl)c3)n2)c(C)cc1Cl. The average Bonchev–Trinajstić information content (AvgIpc) is 2.97. The molecule has 0 aliphatic carbocycles. The van der Waals surface area contributed by atoms with E-state index in [-0.39, 0.29) is 10.8 Å². The van der Waals surface area contributed by atoms with E-state index in [1.807, 2.05) is 18.2 Å². The maximum Gasteiger partial charge on any atom is 0.264 e. The Morgan fingerprint density at radius 1 is 1.12 bits per heavy atom. The molecule has 1 N–H and O–H groups in total. The fourth-order valence-corrected chi connectivity index (χ4v) is 4.15. The summed E-state index contributed by atoms with van der Waals surface area (Å²) < 4.78 is 29.2. The topological polar surface area (TPSA) is 76.9 Å². The Hall–Kier alpha value is -2.09. The van der Waals surface area contributed by atoms with Crippen LogP contribution in [0.2, 0.25) is 10.0 Å². The summed E-state index contributed by atoms with van der Waals surface area (Å²) in [4.78, 5) is 4.16. The highest BCUT2D eigenvalue weighted by Gasteiger charge is 2.20. The second-order valence-electron chi connectivity index (χ2n) is 5.87. The van der Waals surface area contributed by atoms with Crippen molar-refractivity contribution in [3.8, 4) is 0 Å². The molecule has 1 heterocycles. The van der Waals surface area contributed by atoms with E-state index in [4.69, 9.17) is 23.2 Å². The number of rotatable bonds is 5. The van der Waals surface area contributed by atoms with Gasteiger partial charge >= 0.3 is 0 Å². The fourth-order valence-electron chi connectivity index (χ4n) is 2.46. The molecule has 0 aliphatic heterocycles. The number of nitrogens with one attached hydrogen (secondary N) is 1. The summed E-state index contributed by atoms with van der Waals surface area (Å²) in [5.41, 5.74) is 2.16. The standard InChI is InChI=1S/C17H16Cl2N4O2S/c1-11-7-16(12(2)6-15(11)19)26(24,25)22-17-20-10-23(21-17)9-13-4-3-5-14(18)8-13/h3-8,10H,9H2,1-2H3,(H,21,22). The van der Waals surface area contributed by atoms with Gasteiger partial charge in [-0.05, 0) is 54.8 Å². The van der Waals surface area contributed by atoms with Crippen molar-refractivity contribution < 1.29 is 8.42 Å². The Morgan fingerprint density at radius 2 is 1.88 bits per heavy atom. The molecule has 6 nitrogen and oxygen atoms in total. The molecular formula is C17H16Cl2N4O2S. The molecule has 9 heteroatoms. The highest BCUT2D eigenvalue weighted by atomic mass is 35.5. The van der Waals surface area contributed by atoms with Gasteiger partial charge < -0.3 is 0 Å². The van der Waals surface area contributed by atoms with Crippen LogP contribution in [-0.4, -0.2) is 23.2 Å². The van der Waals surface area contributed by atoms with Crippen molar-refractivity contribution in [1.29, 1.82) is 0 Å². The summed E-state index contributed by atoms with van der Waals surface area (Å²) in [7, 11) is -3.82. The summed E-state index contributed by atoms with van der Waals surface area (Å²) in [6.45, 7) is 3.86. The summed E-state index contributed by atoms with van der Waals surface area (Å²) in [6, 6.07) is 10.5. The Morgan fingerprint density at radius 3 is 2.62 bits per heavy atom. The quantitative estimate of drug-likeness (QED) is 0.687. The number of sulfonamides is 1. The number of benzene rings is 2. The van der Waals surface area contributed by atoms with Crippen LogP contribution in [-0.2, 0) is 16.6 Å². The lowest BCUT2D eigenvalue weighted by atomic mass is 10.2. The van der Waals surface area contributed by atoms with Crippen molar-refractivity contribution in [2.45, 2.75) is 25.3 Å². The molecule has 0 fully saturated rings. The second-order valence-corrected chi connectivity index (χ2v) is 8.36. The minimum absolute atomic E-state index is 0.000897. The molecule has 0 unspecified atom stereocenters. The summed E-state index contributed by atoms with van der Waals surface area (Å²) in [5.74, 6) is -0.000897. The van der Waals surface area contributed by atoms with Crippen molar-refractivity contribution in [2.24, 2.45) is 0 Å². The van der Waals surface area contributed by atoms with Crippen molar-refractivity contribution in [3.63, 3.8) is 0 Å². The van der Waals surface area contributed by atoms with E-state index in [2.05, 4.69) is 14.8 Å². The Kier molecular flexibility index (Phi) is 5.22. The Labute approximate surface area is 161 Å². The number of nitrogens with zero attached hydrogens (tertiary/aromatic N) is 3. The van der Waals surface area contributed by atoms with E-state index in [9.17, 15) is 8.42 Å². The monoisotopic (exact) mass is 410 g/mol. The molecule has 1 aromatic heterocycles. The third-order valence-corrected chi connectivity index (χ3v) is 5.85. The highest BCUT2D eigenvalue weighted by molar-refractivity contribution is 7.92. The number of hydrogen-bond acceptors (Lipinski definition) is 4. The van der Waals surface area contributed by atoms with Crippen LogP contribution in [0.1, 0.15) is 16.7 Å². The van der Waals surface area contributed by atoms with Crippen LogP contribution in [0.15, 0.2) is 47.6 Å². The second kappa shape index (κ2) is 7.26. The molecule has 0 saturated carbocycles. The maximum atomic E-state index is 12.6. The van der Waals surface area contributed by atoms with Gasteiger partial charge in [0, 0.05) is 10.0 Å². The average molecular weight is 411 g/mol. The zero-order chi connectivity index (χ0) is 18.9. The predicted octanol–water partition coefficient (Wildman–Crippen LogP) is 4.05. The highest BCUT2D eigenvalue weighted by Crippen LogP contribution is 2.25. The van der Waals surface area contributed by atoms with Gasteiger partial charge in [0.15, 0.2) is 0 Å². The summed E-state index contributed by atoms with van der Waals surface area (Å²) >= 11 is 12.0. The molecule has 3 aromatic rings. The minimum Gasteiger partial charge on any atom is -0.246 e. The van der Waals surface area contributed by atoms with E-state index in [0.29, 0.717) is 27.7 Å². The van der Waals surface area contributed by atoms with Crippen molar-refractivity contribution in [2.75, 3.05) is 4.72 Å². The lowest BCUT2D eigenvalue weighted by Crippen LogP contribution is -2.16. The molecule has 3 rings (SSSR count). The minimum atomic E-state index is -3.82. The van der Waals surface area contributed by atoms with Gasteiger partial charge in [-0.15, -0.1) is 5.10 Å². The normalized spacial score (nSPS) is 11.5. The van der Waals surface area contributed by atoms with Crippen LogP contribution in [0.3, 0.4) is 0 Å². The zero-order valence-corrected chi connectivity index (χ0v) is 16.4. The van der Waals surface area contributed by atoms with E-state index in [1.165, 1.54) is 17.1 Å². The molecule has 2 aromatic carbocycles. The summed E-state index contributed by atoms with van der Waals surface area (Å²) in [6.07, 6.45) is 1.46. The number of aryl methyl sites for hydroxylation is 2. The van der Waals surface area contributed by atoms with E-state index in [1.54, 1.807) is 26.0 Å². The van der Waals surface area contributed by atoms with Crippen LogP contribution >= 0.6 is 23.2 Å². The predicted molar refractivity (Wildman–Crippen MR) is 102 cm³/mol. The number of halogens is 2. The molecule has 0 spiro atoms. The molecule has 0 amide bonds. The fraction of sp³-hybridized carbons (Fsp3) is 0.176. The summed E-state index contributed by atoms with van der Waals surface area (Å²) in [5, 5.41) is 5.30. The van der Waals surface area contributed by atoms with Crippen LogP contribution in [0.25, 0.3) is 0 Å². The smallest absolute Gasteiger partial charge is 0.246 e. The molecular weight excluding hydrogens is 395 g/mol. The Balaban J connectivity index is 1.81. The molecule has 0 radical (unpaired) electrons. The van der Waals surface area contributed by atoms with E-state index < -0.39 is 10.0 Å². The molecule has 0 atom stereocenters. The molecule has 0 saturated heterocycles. The molecule has 136 valence electrons. The van der Waals surface area contributed by atoms with Gasteiger partial charge in [0.25, 0.3) is 16.0 Å². The third kappa shape index (κ3) is 4.17. The molecule has 0 bridgehead atoms. The van der Waals surface area contributed by atoms with Crippen molar-refractivity contribution in [3.05, 3.63) is 69.5 Å². The van der Waals surface area contributed by atoms with E-state index >= 15 is 0 Å². The van der Waals surface area contributed by atoms with E-state index in [0.717, 1.165) is 5.56 Å². The van der Waals surface area contributed by atoms with Gasteiger partial charge in [-0.1, -0.05) is 35.3 Å².